The summed E-state index contributed by atoms with van der Waals surface area (Å²) in [5.41, 5.74) is 1.13. The van der Waals surface area contributed by atoms with Crippen LogP contribution < -0.4 is 0 Å². The van der Waals surface area contributed by atoms with Crippen molar-refractivity contribution in [1.82, 2.24) is 34.9 Å². The average molecular weight is 481 g/mol. The third-order valence-electron chi connectivity index (χ3n) is 4.82. The lowest BCUT2D eigenvalue weighted by Crippen LogP contribution is -2.30. The molecule has 0 aromatic carbocycles. The van der Waals surface area contributed by atoms with Crippen molar-refractivity contribution in [3.8, 4) is 0 Å². The molecule has 0 amide bonds. The van der Waals surface area contributed by atoms with Crippen LogP contribution in [0, 0.1) is 0 Å². The molecule has 0 aliphatic heterocycles. The zero-order valence-corrected chi connectivity index (χ0v) is 18.8. The van der Waals surface area contributed by atoms with Crippen molar-refractivity contribution in [3.05, 3.63) is 23.8 Å². The second-order valence-corrected chi connectivity index (χ2v) is 7.43. The molecule has 2 aromatic rings. The van der Waals surface area contributed by atoms with Gasteiger partial charge >= 0.3 is 5.97 Å². The van der Waals surface area contributed by atoms with E-state index < -0.39 is 18.2 Å². The Morgan fingerprint density at radius 3 is 2.06 bits per heavy atom. The zero-order chi connectivity index (χ0) is 24.9. The van der Waals surface area contributed by atoms with Crippen molar-refractivity contribution >= 4 is 25.4 Å². The minimum Gasteiger partial charge on any atom is -0.480 e. The number of nitrogens with zero attached hydrogens (tertiary/aromatic N) is 7. The summed E-state index contributed by atoms with van der Waals surface area (Å²) in [5, 5.41) is 25.5. The first-order valence-corrected chi connectivity index (χ1v) is 10.4. The molecule has 2 rings (SSSR count). The molecule has 0 saturated carbocycles. The lowest BCUT2D eigenvalue weighted by Gasteiger charge is -2.24. The number of aliphatic carboxylic acids is 1. The highest BCUT2D eigenvalue weighted by Gasteiger charge is 2.23. The number of carbonyl (C=O) groups excluding carboxylic acids is 3. The summed E-state index contributed by atoms with van der Waals surface area (Å²) in [6.07, 6.45) is 2.64. The van der Waals surface area contributed by atoms with Crippen molar-refractivity contribution in [2.75, 3.05) is 13.2 Å². The van der Waals surface area contributed by atoms with Gasteiger partial charge in [0.15, 0.2) is 12.3 Å². The van der Waals surface area contributed by atoms with Gasteiger partial charge in [0, 0.05) is 32.0 Å². The summed E-state index contributed by atoms with van der Waals surface area (Å²) >= 11 is 0. The summed E-state index contributed by atoms with van der Waals surface area (Å²) in [6.45, 7) is 5.51. The van der Waals surface area contributed by atoms with Crippen molar-refractivity contribution in [2.24, 2.45) is 0 Å². The van der Waals surface area contributed by atoms with E-state index in [9.17, 15) is 24.3 Å². The van der Waals surface area contributed by atoms with Gasteiger partial charge in [0.2, 0.25) is 0 Å². The molecule has 2 atom stereocenters. The molecule has 0 aliphatic rings. The highest BCUT2D eigenvalue weighted by molar-refractivity contribution is 5.71. The van der Waals surface area contributed by atoms with Gasteiger partial charge in [0.25, 0.3) is 19.4 Å². The van der Waals surface area contributed by atoms with E-state index in [2.05, 4.69) is 30.1 Å². The van der Waals surface area contributed by atoms with Gasteiger partial charge in [-0.2, -0.15) is 0 Å². The van der Waals surface area contributed by atoms with Gasteiger partial charge in [-0.1, -0.05) is 10.4 Å². The van der Waals surface area contributed by atoms with Gasteiger partial charge in [-0.3, -0.25) is 19.3 Å². The molecule has 2 heterocycles. The van der Waals surface area contributed by atoms with E-state index in [-0.39, 0.29) is 45.0 Å². The smallest absolute Gasteiger partial charge is 0.328 e. The second kappa shape index (κ2) is 13.6. The van der Waals surface area contributed by atoms with Crippen molar-refractivity contribution in [2.45, 2.75) is 58.1 Å². The van der Waals surface area contributed by atoms with E-state index >= 15 is 0 Å². The predicted molar refractivity (Wildman–Crippen MR) is 111 cm³/mol. The van der Waals surface area contributed by atoms with E-state index in [1.54, 1.807) is 6.20 Å². The standard InChI is InChI=1S/C19H27N7O8/c1-14(2)24(7-15-9-25(22-20-15)17(19(30)31)3-5-32-11-27)8-16-10-26(23-21-16)18(34-13-29)4-6-33-12-28/h9-14,17-18H,3-8H2,1-2H3,(H,30,31)/t17-,18+/m0/s1. The molecule has 34 heavy (non-hydrogen) atoms. The van der Waals surface area contributed by atoms with Crippen LogP contribution in [0.5, 0.6) is 0 Å². The molecule has 0 fully saturated rings. The minimum atomic E-state index is -1.12. The van der Waals surface area contributed by atoms with Gasteiger partial charge in [-0.15, -0.1) is 10.2 Å². The fourth-order valence-electron chi connectivity index (χ4n) is 3.04. The summed E-state index contributed by atoms with van der Waals surface area (Å²) in [5.74, 6) is -1.12. The molecule has 0 saturated heterocycles. The minimum absolute atomic E-state index is 0.0452. The molecule has 0 radical (unpaired) electrons. The summed E-state index contributed by atoms with van der Waals surface area (Å²) in [7, 11) is 0. The van der Waals surface area contributed by atoms with Gasteiger partial charge in [-0.25, -0.2) is 14.2 Å². The topological polar surface area (TPSA) is 181 Å². The second-order valence-electron chi connectivity index (χ2n) is 7.43. The fourth-order valence-corrected chi connectivity index (χ4v) is 3.04. The van der Waals surface area contributed by atoms with Crippen LogP contribution in [0.1, 0.15) is 50.3 Å². The van der Waals surface area contributed by atoms with Gasteiger partial charge in [0.1, 0.15) is 0 Å². The Balaban J connectivity index is 2.06. The Kier molecular flexibility index (Phi) is 10.6. The Hall–Kier alpha value is -3.88. The summed E-state index contributed by atoms with van der Waals surface area (Å²) in [4.78, 5) is 45.0. The van der Waals surface area contributed by atoms with Crippen LogP contribution in [0.15, 0.2) is 12.4 Å². The molecule has 0 spiro atoms. The van der Waals surface area contributed by atoms with Crippen molar-refractivity contribution in [1.29, 1.82) is 0 Å². The van der Waals surface area contributed by atoms with Crippen molar-refractivity contribution < 1.29 is 38.5 Å². The molecule has 0 bridgehead atoms. The molecule has 15 nitrogen and oxygen atoms in total. The van der Waals surface area contributed by atoms with Gasteiger partial charge in [0.05, 0.1) is 37.0 Å². The Labute approximate surface area is 194 Å². The monoisotopic (exact) mass is 481 g/mol. The fraction of sp³-hybridized carbons (Fsp3) is 0.579. The number of hydrogen-bond acceptors (Lipinski definition) is 12. The number of ether oxygens (including phenoxy) is 3. The number of hydrogen-bond donors (Lipinski definition) is 1. The van der Waals surface area contributed by atoms with E-state index in [0.717, 1.165) is 0 Å². The molecule has 15 heteroatoms. The zero-order valence-electron chi connectivity index (χ0n) is 18.8. The molecule has 186 valence electrons. The van der Waals surface area contributed by atoms with E-state index in [4.69, 9.17) is 4.74 Å². The quantitative estimate of drug-likeness (QED) is 0.167. The van der Waals surface area contributed by atoms with Crippen molar-refractivity contribution in [3.63, 3.8) is 0 Å². The van der Waals surface area contributed by atoms with E-state index in [1.807, 2.05) is 18.7 Å². The molecular weight excluding hydrogens is 454 g/mol. The normalized spacial score (nSPS) is 12.8. The van der Waals surface area contributed by atoms with E-state index in [1.165, 1.54) is 15.6 Å². The first-order valence-electron chi connectivity index (χ1n) is 10.4. The van der Waals surface area contributed by atoms with Crippen LogP contribution in [0.2, 0.25) is 0 Å². The maximum Gasteiger partial charge on any atom is 0.328 e. The Morgan fingerprint density at radius 2 is 1.53 bits per heavy atom. The largest absolute Gasteiger partial charge is 0.480 e. The Bertz CT molecular complexity index is 931. The highest BCUT2D eigenvalue weighted by atomic mass is 16.5. The number of aromatic nitrogens is 6. The van der Waals surface area contributed by atoms with Gasteiger partial charge < -0.3 is 19.3 Å². The molecule has 0 aliphatic carbocycles. The number of carboxylic acid groups (broad SMARTS) is 1. The molecule has 2 aromatic heterocycles. The first-order chi connectivity index (χ1) is 16.4. The van der Waals surface area contributed by atoms with Crippen LogP contribution in [0.3, 0.4) is 0 Å². The highest BCUT2D eigenvalue weighted by Crippen LogP contribution is 2.16. The molecule has 1 N–H and O–H groups in total. The summed E-state index contributed by atoms with van der Waals surface area (Å²) in [6, 6.07) is -0.957. The Morgan fingerprint density at radius 1 is 0.971 bits per heavy atom. The first kappa shape index (κ1) is 26.4. The SMILES string of the molecule is CC(C)N(Cc1cn([C@@H](CCOC=O)OC=O)nn1)Cc1cn([C@@H](CCOC=O)C(=O)O)nn1. The number of carbonyl (C=O) groups is 4. The maximum absolute atomic E-state index is 11.5. The number of carboxylic acids is 1. The third kappa shape index (κ3) is 7.91. The average Bonchev–Trinajstić information content (AvgIpc) is 3.45. The van der Waals surface area contributed by atoms with Crippen LogP contribution in [-0.4, -0.2) is 84.6 Å². The lowest BCUT2D eigenvalue weighted by atomic mass is 10.2. The molecular formula is C19H27N7O8. The summed E-state index contributed by atoms with van der Waals surface area (Å²) < 4.78 is 16.8. The van der Waals surface area contributed by atoms with Gasteiger partial charge in [-0.05, 0) is 13.8 Å². The molecule has 0 unspecified atom stereocenters. The third-order valence-corrected chi connectivity index (χ3v) is 4.82. The van der Waals surface area contributed by atoms with Crippen LogP contribution in [-0.2, 0) is 46.5 Å². The maximum atomic E-state index is 11.5. The lowest BCUT2D eigenvalue weighted by molar-refractivity contribution is -0.143. The predicted octanol–water partition coefficient (Wildman–Crippen LogP) is -0.296. The van der Waals surface area contributed by atoms with Crippen LogP contribution in [0.25, 0.3) is 0 Å². The number of rotatable bonds is 18. The van der Waals surface area contributed by atoms with Crippen LogP contribution in [0.4, 0.5) is 0 Å². The van der Waals surface area contributed by atoms with E-state index in [0.29, 0.717) is 30.9 Å². The van der Waals surface area contributed by atoms with Crippen LogP contribution >= 0.6 is 0 Å².